The molecule has 0 radical (unpaired) electrons. The van der Waals surface area contributed by atoms with Crippen LogP contribution in [0.2, 0.25) is 0 Å². The minimum absolute atomic E-state index is 0.701. The quantitative estimate of drug-likeness (QED) is 0.175. The minimum Gasteiger partial charge on any atom is -0.459 e. The maximum Gasteiger partial charge on any atom is 0.146 e. The third-order valence-corrected chi connectivity index (χ3v) is 16.5. The molecule has 356 valence electrons. The number of benzene rings is 10. The Balaban J connectivity index is 1.07. The standard InChI is InChI=1S/C70H42N2O4/c1-3-21-43(22-4-1)71-57-35-13-9-31-51(57)69(52-32-10-14-36-58(52)71)55-41-63(49-29-19-27-47-45-25-7-17-39-61(45)73-65(47)49)76-68(55)70(53-33-11-15-37-59(53)72(44-23-5-2-6-24-44)60-38-16-12-34-54(60)70)56-42-64(75-67(56)69)50-30-20-28-48-46-26-8-18-40-62(46)74-66(48)50/h1-42H. The summed E-state index contributed by atoms with van der Waals surface area (Å²) in [6, 6.07) is 90.8. The molecule has 10 aromatic carbocycles. The van der Waals surface area contributed by atoms with Gasteiger partial charge in [-0.2, -0.15) is 0 Å². The topological polar surface area (TPSA) is 59.0 Å². The smallest absolute Gasteiger partial charge is 0.146 e. The van der Waals surface area contributed by atoms with E-state index in [2.05, 4.69) is 240 Å². The largest absolute Gasteiger partial charge is 0.459 e. The van der Waals surface area contributed by atoms with Crippen molar-refractivity contribution in [3.63, 3.8) is 0 Å². The zero-order valence-corrected chi connectivity index (χ0v) is 40.8. The number of rotatable bonds is 4. The molecule has 6 heteroatoms. The van der Waals surface area contributed by atoms with E-state index in [1.807, 2.05) is 24.3 Å². The first-order chi connectivity index (χ1) is 37.7. The monoisotopic (exact) mass is 974 g/mol. The lowest BCUT2D eigenvalue weighted by molar-refractivity contribution is 0.400. The summed E-state index contributed by atoms with van der Waals surface area (Å²) in [6.07, 6.45) is 0. The van der Waals surface area contributed by atoms with E-state index >= 15 is 0 Å². The number of nitrogens with zero attached hydrogens (tertiary/aromatic N) is 2. The minimum atomic E-state index is -1.08. The highest BCUT2D eigenvalue weighted by molar-refractivity contribution is 6.11. The second kappa shape index (κ2) is 15.3. The van der Waals surface area contributed by atoms with Crippen molar-refractivity contribution in [3.05, 3.63) is 300 Å². The van der Waals surface area contributed by atoms with Gasteiger partial charge in [-0.15, -0.1) is 0 Å². The zero-order chi connectivity index (χ0) is 49.7. The van der Waals surface area contributed by atoms with Gasteiger partial charge in [0.2, 0.25) is 0 Å². The molecule has 0 saturated heterocycles. The first-order valence-corrected chi connectivity index (χ1v) is 25.9. The summed E-state index contributed by atoms with van der Waals surface area (Å²) in [5.74, 6) is 3.02. The molecule has 0 unspecified atom stereocenters. The predicted molar refractivity (Wildman–Crippen MR) is 303 cm³/mol. The Kier molecular flexibility index (Phi) is 8.32. The van der Waals surface area contributed by atoms with Crippen LogP contribution in [0, 0.1) is 0 Å². The fraction of sp³-hybridized carbons (Fsp3) is 0.0286. The van der Waals surface area contributed by atoms with Crippen molar-refractivity contribution in [2.24, 2.45) is 0 Å². The first kappa shape index (κ1) is 41.4. The summed E-state index contributed by atoms with van der Waals surface area (Å²) in [5, 5.41) is 4.17. The third-order valence-electron chi connectivity index (χ3n) is 16.5. The third kappa shape index (κ3) is 5.24. The summed E-state index contributed by atoms with van der Waals surface area (Å²) in [6.45, 7) is 0. The summed E-state index contributed by atoms with van der Waals surface area (Å²) in [7, 11) is 0. The predicted octanol–water partition coefficient (Wildman–Crippen LogP) is 18.7. The number of hydrogen-bond acceptors (Lipinski definition) is 6. The van der Waals surface area contributed by atoms with Gasteiger partial charge in [0.1, 0.15) is 56.2 Å². The Morgan fingerprint density at radius 2 is 0.592 bits per heavy atom. The van der Waals surface area contributed by atoms with Crippen LogP contribution in [0.25, 0.3) is 66.5 Å². The van der Waals surface area contributed by atoms with Crippen LogP contribution in [-0.2, 0) is 10.8 Å². The normalized spacial score (nSPS) is 14.5. The number of fused-ring (bicyclic) bond motifs is 20. The van der Waals surface area contributed by atoms with Crippen molar-refractivity contribution in [1.29, 1.82) is 0 Å². The molecule has 2 spiro atoms. The highest BCUT2D eigenvalue weighted by atomic mass is 16.4. The van der Waals surface area contributed by atoms with Crippen molar-refractivity contribution < 1.29 is 17.7 Å². The van der Waals surface area contributed by atoms with Crippen LogP contribution in [0.5, 0.6) is 0 Å². The van der Waals surface area contributed by atoms with Crippen molar-refractivity contribution in [2.75, 3.05) is 9.80 Å². The molecule has 0 saturated carbocycles. The molecule has 0 fully saturated rings. The molecule has 0 N–H and O–H groups in total. The molecule has 76 heavy (non-hydrogen) atoms. The van der Waals surface area contributed by atoms with E-state index in [1.165, 1.54) is 0 Å². The van der Waals surface area contributed by atoms with Gasteiger partial charge in [-0.1, -0.05) is 170 Å². The molecule has 6 heterocycles. The van der Waals surface area contributed by atoms with Crippen LogP contribution in [0.15, 0.2) is 272 Å². The molecule has 2 aliphatic heterocycles. The molecule has 3 aliphatic rings. The highest BCUT2D eigenvalue weighted by Crippen LogP contribution is 2.70. The van der Waals surface area contributed by atoms with E-state index in [0.717, 1.165) is 134 Å². The van der Waals surface area contributed by atoms with Crippen molar-refractivity contribution in [3.8, 4) is 22.6 Å². The Morgan fingerprint density at radius 3 is 0.987 bits per heavy atom. The zero-order valence-electron chi connectivity index (χ0n) is 40.8. The lowest BCUT2D eigenvalue weighted by atomic mass is 9.53. The van der Waals surface area contributed by atoms with E-state index < -0.39 is 10.8 Å². The Hall–Kier alpha value is -10.0. The van der Waals surface area contributed by atoms with Gasteiger partial charge in [0.05, 0.1) is 33.9 Å². The van der Waals surface area contributed by atoms with Crippen molar-refractivity contribution >= 4 is 78.0 Å². The SMILES string of the molecule is c1ccc(N2c3ccccc3C3(c4ccccc42)c2cc(-c4cccc5c4oc4ccccc45)oc2C2(c4ccccc4N(c4ccccc4)c4ccccc42)c2cc(-c4cccc5c4oc4ccccc45)oc23)cc1. The van der Waals surface area contributed by atoms with Gasteiger partial charge in [0.15, 0.2) is 0 Å². The van der Waals surface area contributed by atoms with Crippen LogP contribution < -0.4 is 9.80 Å². The molecular formula is C70H42N2O4. The number of furan rings is 4. The van der Waals surface area contributed by atoms with Gasteiger partial charge < -0.3 is 27.5 Å². The van der Waals surface area contributed by atoms with Gasteiger partial charge in [-0.05, 0) is 107 Å². The molecule has 1 aliphatic carbocycles. The summed E-state index contributed by atoms with van der Waals surface area (Å²) in [4.78, 5) is 4.80. The van der Waals surface area contributed by atoms with Gasteiger partial charge in [-0.3, -0.25) is 0 Å². The van der Waals surface area contributed by atoms with Crippen LogP contribution in [0.1, 0.15) is 44.9 Å². The second-order valence-corrected chi connectivity index (χ2v) is 20.2. The fourth-order valence-electron chi connectivity index (χ4n) is 13.6. The number of para-hydroxylation sites is 10. The van der Waals surface area contributed by atoms with Gasteiger partial charge in [0.25, 0.3) is 0 Å². The van der Waals surface area contributed by atoms with E-state index in [9.17, 15) is 0 Å². The van der Waals surface area contributed by atoms with Crippen LogP contribution in [0.3, 0.4) is 0 Å². The average molecular weight is 975 g/mol. The lowest BCUT2D eigenvalue weighted by Crippen LogP contribution is -2.48. The number of hydrogen-bond donors (Lipinski definition) is 0. The molecule has 0 amide bonds. The van der Waals surface area contributed by atoms with Crippen LogP contribution in [0.4, 0.5) is 34.1 Å². The molecule has 17 rings (SSSR count). The summed E-state index contributed by atoms with van der Waals surface area (Å²) in [5.41, 5.74) is 15.3. The number of anilines is 6. The molecular weight excluding hydrogens is 933 g/mol. The lowest BCUT2D eigenvalue weighted by Gasteiger charge is -2.52. The Labute approximate surface area is 436 Å². The average Bonchev–Trinajstić information content (AvgIpc) is 3.48. The van der Waals surface area contributed by atoms with E-state index in [1.54, 1.807) is 0 Å². The maximum atomic E-state index is 8.04. The van der Waals surface area contributed by atoms with Gasteiger partial charge in [-0.25, -0.2) is 0 Å². The van der Waals surface area contributed by atoms with Crippen LogP contribution >= 0.6 is 0 Å². The van der Waals surface area contributed by atoms with E-state index in [4.69, 9.17) is 17.7 Å². The molecule has 6 nitrogen and oxygen atoms in total. The van der Waals surface area contributed by atoms with E-state index in [-0.39, 0.29) is 0 Å². The van der Waals surface area contributed by atoms with E-state index in [0.29, 0.717) is 11.5 Å². The molecule has 4 aromatic heterocycles. The van der Waals surface area contributed by atoms with Gasteiger partial charge in [0, 0.05) is 44.0 Å². The summed E-state index contributed by atoms with van der Waals surface area (Å²) < 4.78 is 29.8. The Bertz CT molecular complexity index is 4250. The molecule has 0 atom stereocenters. The summed E-state index contributed by atoms with van der Waals surface area (Å²) >= 11 is 0. The highest BCUT2D eigenvalue weighted by Gasteiger charge is 2.63. The van der Waals surface area contributed by atoms with Crippen molar-refractivity contribution in [1.82, 2.24) is 0 Å². The fourth-order valence-corrected chi connectivity index (χ4v) is 13.6. The first-order valence-electron chi connectivity index (χ1n) is 25.9. The second-order valence-electron chi connectivity index (χ2n) is 20.2. The maximum absolute atomic E-state index is 8.04. The van der Waals surface area contributed by atoms with Crippen LogP contribution in [-0.4, -0.2) is 0 Å². The molecule has 0 bridgehead atoms. The van der Waals surface area contributed by atoms with Gasteiger partial charge >= 0.3 is 0 Å². The Morgan fingerprint density at radius 1 is 0.263 bits per heavy atom. The molecule has 14 aromatic rings. The van der Waals surface area contributed by atoms with Crippen molar-refractivity contribution in [2.45, 2.75) is 10.8 Å².